The third-order valence-corrected chi connectivity index (χ3v) is 1.60. The molecule has 0 aliphatic rings. The van der Waals surface area contributed by atoms with Crippen LogP contribution in [0.1, 0.15) is 0 Å². The molecular formula is C3H2F3O3P-2. The SMILES string of the molecule is C=C(F)C(F)(F)P(=O)([O-])[O-]. The molecule has 0 heterocycles. The van der Waals surface area contributed by atoms with Crippen molar-refractivity contribution in [3.63, 3.8) is 0 Å². The minimum absolute atomic E-state index is 2.00. The molecule has 3 nitrogen and oxygen atoms in total. The normalized spacial score (nSPS) is 13.3. The first-order valence-corrected chi connectivity index (χ1v) is 3.48. The molecule has 0 rings (SSSR count). The number of halogens is 3. The van der Waals surface area contributed by atoms with Crippen molar-refractivity contribution in [2.75, 3.05) is 0 Å². The summed E-state index contributed by atoms with van der Waals surface area (Å²) < 4.78 is 44.4. The molecule has 0 aromatic carbocycles. The van der Waals surface area contributed by atoms with E-state index < -0.39 is 19.1 Å². The Bertz CT molecular complexity index is 195. The van der Waals surface area contributed by atoms with Crippen molar-refractivity contribution in [1.82, 2.24) is 0 Å². The number of allylic oxidation sites excluding steroid dienone is 1. The predicted molar refractivity (Wildman–Crippen MR) is 22.8 cm³/mol. The summed E-state index contributed by atoms with van der Waals surface area (Å²) in [7, 11) is -6.23. The van der Waals surface area contributed by atoms with Gasteiger partial charge < -0.3 is 14.4 Å². The standard InChI is InChI=1S/C3H4F3O3P/c1-2(4)3(5,6)10(7,8)9/h1H2,(H2,7,8,9)/p-2. The molecule has 0 saturated heterocycles. The highest BCUT2D eigenvalue weighted by Crippen LogP contribution is 2.49. The van der Waals surface area contributed by atoms with E-state index in [-0.39, 0.29) is 0 Å². The largest absolute Gasteiger partial charge is 0.806 e. The van der Waals surface area contributed by atoms with Crippen LogP contribution in [0.5, 0.6) is 0 Å². The number of hydrogen-bond acceptors (Lipinski definition) is 3. The van der Waals surface area contributed by atoms with Crippen molar-refractivity contribution in [2.45, 2.75) is 5.66 Å². The summed E-state index contributed by atoms with van der Waals surface area (Å²) in [6.45, 7) is 2.00. The molecule has 0 bridgehead atoms. The van der Waals surface area contributed by atoms with Crippen molar-refractivity contribution in [3.8, 4) is 0 Å². The smallest absolute Gasteiger partial charge is 0.321 e. The van der Waals surface area contributed by atoms with Crippen LogP contribution in [0, 0.1) is 0 Å². The zero-order valence-electron chi connectivity index (χ0n) is 4.51. The molecule has 0 fully saturated rings. The Balaban J connectivity index is 4.75. The monoisotopic (exact) mass is 174 g/mol. The lowest BCUT2D eigenvalue weighted by atomic mass is 10.6. The van der Waals surface area contributed by atoms with Crippen molar-refractivity contribution in [1.29, 1.82) is 0 Å². The highest BCUT2D eigenvalue weighted by Gasteiger charge is 2.37. The van der Waals surface area contributed by atoms with Gasteiger partial charge in [0.15, 0.2) is 5.83 Å². The Kier molecular flexibility index (Phi) is 2.30. The zero-order valence-corrected chi connectivity index (χ0v) is 5.41. The van der Waals surface area contributed by atoms with Gasteiger partial charge in [-0.2, -0.15) is 8.78 Å². The van der Waals surface area contributed by atoms with Crippen LogP contribution in [0.2, 0.25) is 0 Å². The maximum Gasteiger partial charge on any atom is 0.321 e. The quantitative estimate of drug-likeness (QED) is 0.552. The lowest BCUT2D eigenvalue weighted by Crippen LogP contribution is -2.31. The highest BCUT2D eigenvalue weighted by atomic mass is 31.2. The second kappa shape index (κ2) is 2.38. The summed E-state index contributed by atoms with van der Waals surface area (Å²) in [6.07, 6.45) is 0. The number of hydrogen-bond donors (Lipinski definition) is 0. The fourth-order valence-electron chi connectivity index (χ4n) is 0.149. The van der Waals surface area contributed by atoms with E-state index in [4.69, 9.17) is 0 Å². The van der Waals surface area contributed by atoms with E-state index in [0.717, 1.165) is 0 Å². The van der Waals surface area contributed by atoms with E-state index in [9.17, 15) is 27.5 Å². The van der Waals surface area contributed by atoms with Gasteiger partial charge >= 0.3 is 5.66 Å². The van der Waals surface area contributed by atoms with Crippen LogP contribution in [-0.2, 0) is 4.57 Å². The number of rotatable bonds is 2. The van der Waals surface area contributed by atoms with Gasteiger partial charge in [0.2, 0.25) is 0 Å². The Morgan fingerprint density at radius 2 is 1.80 bits per heavy atom. The maximum absolute atomic E-state index is 11.7. The first kappa shape index (κ1) is 9.68. The van der Waals surface area contributed by atoms with E-state index in [1.54, 1.807) is 0 Å². The van der Waals surface area contributed by atoms with Gasteiger partial charge in [-0.15, -0.1) is 0 Å². The van der Waals surface area contributed by atoms with Gasteiger partial charge in [0.1, 0.15) is 0 Å². The lowest BCUT2D eigenvalue weighted by molar-refractivity contribution is -0.331. The van der Waals surface area contributed by atoms with Crippen LogP contribution in [0.3, 0.4) is 0 Å². The molecule has 0 aliphatic carbocycles. The molecule has 0 aromatic heterocycles. The second-order valence-corrected chi connectivity index (χ2v) is 3.00. The summed E-state index contributed by atoms with van der Waals surface area (Å²) in [5.74, 6) is -2.46. The third-order valence-electron chi connectivity index (χ3n) is 0.670. The van der Waals surface area contributed by atoms with E-state index in [1.807, 2.05) is 6.58 Å². The summed E-state index contributed by atoms with van der Waals surface area (Å²) in [4.78, 5) is 19.0. The predicted octanol–water partition coefficient (Wildman–Crippen LogP) is -0.0239. The molecule has 10 heavy (non-hydrogen) atoms. The molecule has 0 atom stereocenters. The van der Waals surface area contributed by atoms with Crippen LogP contribution in [-0.4, -0.2) is 5.66 Å². The van der Waals surface area contributed by atoms with E-state index in [0.29, 0.717) is 0 Å². The average Bonchev–Trinajstić information content (AvgIpc) is 1.62. The molecule has 0 unspecified atom stereocenters. The Labute approximate surface area is 54.3 Å². The molecule has 60 valence electrons. The molecule has 0 radical (unpaired) electrons. The van der Waals surface area contributed by atoms with Crippen LogP contribution < -0.4 is 9.79 Å². The summed E-state index contributed by atoms with van der Waals surface area (Å²) in [5, 5.41) is 0. The first-order valence-electron chi connectivity index (χ1n) is 1.94. The van der Waals surface area contributed by atoms with Gasteiger partial charge in [-0.05, 0) is 0 Å². The van der Waals surface area contributed by atoms with Crippen molar-refractivity contribution in [2.24, 2.45) is 0 Å². The molecule has 0 spiro atoms. The maximum atomic E-state index is 11.7. The topological polar surface area (TPSA) is 63.2 Å². The number of alkyl halides is 2. The molecule has 0 aliphatic heterocycles. The van der Waals surface area contributed by atoms with Gasteiger partial charge in [-0.25, -0.2) is 4.39 Å². The molecule has 0 aromatic rings. The molecular weight excluding hydrogens is 172 g/mol. The highest BCUT2D eigenvalue weighted by molar-refractivity contribution is 7.50. The molecule has 7 heteroatoms. The average molecular weight is 174 g/mol. The molecule has 0 amide bonds. The minimum Gasteiger partial charge on any atom is -0.806 e. The Hall–Kier alpha value is -0.320. The van der Waals surface area contributed by atoms with Crippen molar-refractivity contribution in [3.05, 3.63) is 12.4 Å². The summed E-state index contributed by atoms with van der Waals surface area (Å²) in [6, 6.07) is 0. The zero-order chi connectivity index (χ0) is 8.58. The molecule has 0 saturated carbocycles. The van der Waals surface area contributed by atoms with Crippen LogP contribution in [0.15, 0.2) is 12.4 Å². The van der Waals surface area contributed by atoms with Gasteiger partial charge in [0.25, 0.3) is 0 Å². The van der Waals surface area contributed by atoms with Crippen molar-refractivity contribution < 1.29 is 27.5 Å². The van der Waals surface area contributed by atoms with Gasteiger partial charge in [0, 0.05) is 7.60 Å². The fraction of sp³-hybridized carbons (Fsp3) is 0.333. The second-order valence-electron chi connectivity index (χ2n) is 1.44. The minimum atomic E-state index is -6.23. The van der Waals surface area contributed by atoms with E-state index in [2.05, 4.69) is 0 Å². The van der Waals surface area contributed by atoms with Gasteiger partial charge in [0.05, 0.1) is 0 Å². The van der Waals surface area contributed by atoms with Crippen molar-refractivity contribution >= 4 is 7.60 Å². The van der Waals surface area contributed by atoms with E-state index in [1.165, 1.54) is 0 Å². The summed E-state index contributed by atoms with van der Waals surface area (Å²) in [5.41, 5.74) is -4.98. The van der Waals surface area contributed by atoms with Gasteiger partial charge in [-0.1, -0.05) is 6.58 Å². The fourth-order valence-corrected chi connectivity index (χ4v) is 0.446. The Morgan fingerprint density at radius 3 is 1.80 bits per heavy atom. The van der Waals surface area contributed by atoms with Crippen LogP contribution in [0.4, 0.5) is 13.2 Å². The van der Waals surface area contributed by atoms with Crippen LogP contribution >= 0.6 is 7.60 Å². The Morgan fingerprint density at radius 1 is 1.50 bits per heavy atom. The van der Waals surface area contributed by atoms with Crippen LogP contribution in [0.25, 0.3) is 0 Å². The lowest BCUT2D eigenvalue weighted by Gasteiger charge is -2.35. The first-order chi connectivity index (χ1) is 4.19. The summed E-state index contributed by atoms with van der Waals surface area (Å²) >= 11 is 0. The molecule has 0 N–H and O–H groups in total. The third kappa shape index (κ3) is 1.59. The van der Waals surface area contributed by atoms with Gasteiger partial charge in [-0.3, -0.25) is 0 Å². The van der Waals surface area contributed by atoms with E-state index >= 15 is 0 Å².